The number of hydrogen-bond acceptors (Lipinski definition) is 3. The lowest BCUT2D eigenvalue weighted by Crippen LogP contribution is -2.06. The lowest BCUT2D eigenvalue weighted by Gasteiger charge is -2.04. The Labute approximate surface area is 102 Å². The number of aryl methyl sites for hydroxylation is 2. The molecule has 3 nitrogen and oxygen atoms in total. The second-order valence-corrected chi connectivity index (χ2v) is 4.04. The van der Waals surface area contributed by atoms with E-state index in [0.717, 1.165) is 6.42 Å². The molecule has 0 unspecified atom stereocenters. The van der Waals surface area contributed by atoms with E-state index in [4.69, 9.17) is 0 Å². The van der Waals surface area contributed by atoms with Crippen LogP contribution in [0.1, 0.15) is 30.4 Å². The molecular formula is C14H18O3. The Hall–Kier alpha value is -1.64. The minimum atomic E-state index is -0.325. The van der Waals surface area contributed by atoms with Gasteiger partial charge in [-0.05, 0) is 24.5 Å². The Morgan fingerprint density at radius 2 is 1.82 bits per heavy atom. The molecule has 0 spiro atoms. The van der Waals surface area contributed by atoms with E-state index in [9.17, 15) is 9.59 Å². The maximum atomic E-state index is 11.5. The molecule has 0 aliphatic carbocycles. The first-order valence-corrected chi connectivity index (χ1v) is 5.76. The Bertz CT molecular complexity index is 396. The summed E-state index contributed by atoms with van der Waals surface area (Å²) >= 11 is 0. The fourth-order valence-corrected chi connectivity index (χ4v) is 1.63. The Balaban J connectivity index is 2.34. The van der Waals surface area contributed by atoms with Gasteiger partial charge in [-0.15, -0.1) is 0 Å². The highest BCUT2D eigenvalue weighted by atomic mass is 16.5. The Morgan fingerprint density at radius 1 is 1.12 bits per heavy atom. The maximum Gasteiger partial charge on any atom is 0.305 e. The molecule has 0 bridgehead atoms. The fourth-order valence-electron chi connectivity index (χ4n) is 1.63. The van der Waals surface area contributed by atoms with Crippen LogP contribution in [0, 0.1) is 6.92 Å². The van der Waals surface area contributed by atoms with Crippen molar-refractivity contribution in [1.82, 2.24) is 0 Å². The zero-order valence-corrected chi connectivity index (χ0v) is 10.4. The van der Waals surface area contributed by atoms with Crippen molar-refractivity contribution < 1.29 is 14.3 Å². The summed E-state index contributed by atoms with van der Waals surface area (Å²) in [5.41, 5.74) is 2.40. The molecule has 1 aromatic carbocycles. The molecule has 0 fully saturated rings. The predicted octanol–water partition coefficient (Wildman–Crippen LogP) is 2.45. The summed E-state index contributed by atoms with van der Waals surface area (Å²) in [6.07, 6.45) is 1.69. The van der Waals surface area contributed by atoms with Gasteiger partial charge in [0.25, 0.3) is 0 Å². The van der Waals surface area contributed by atoms with E-state index in [1.807, 2.05) is 31.2 Å². The average Bonchev–Trinajstić information content (AvgIpc) is 2.35. The minimum Gasteiger partial charge on any atom is -0.469 e. The first-order valence-electron chi connectivity index (χ1n) is 5.76. The third-order valence-corrected chi connectivity index (χ3v) is 2.77. The number of carbonyl (C=O) groups is 2. The van der Waals surface area contributed by atoms with Gasteiger partial charge in [-0.3, -0.25) is 9.59 Å². The number of methoxy groups -OCH3 is 1. The fraction of sp³-hybridized carbons (Fsp3) is 0.429. The van der Waals surface area contributed by atoms with Crippen LogP contribution in [0.2, 0.25) is 0 Å². The summed E-state index contributed by atoms with van der Waals surface area (Å²) in [6.45, 7) is 2.04. The minimum absolute atomic E-state index is 0.110. The van der Waals surface area contributed by atoms with Crippen molar-refractivity contribution in [3.8, 4) is 0 Å². The van der Waals surface area contributed by atoms with Crippen LogP contribution in [0.4, 0.5) is 0 Å². The van der Waals surface area contributed by atoms with Crippen LogP contribution in [0.25, 0.3) is 0 Å². The molecule has 0 N–H and O–H groups in total. The van der Waals surface area contributed by atoms with Crippen LogP contribution >= 0.6 is 0 Å². The Morgan fingerprint density at radius 3 is 2.47 bits per heavy atom. The predicted molar refractivity (Wildman–Crippen MR) is 65.8 cm³/mol. The van der Waals surface area contributed by atoms with Crippen molar-refractivity contribution in [2.24, 2.45) is 0 Å². The number of carbonyl (C=O) groups excluding carboxylic acids is 2. The van der Waals surface area contributed by atoms with Crippen LogP contribution in [-0.2, 0) is 20.7 Å². The maximum absolute atomic E-state index is 11.5. The van der Waals surface area contributed by atoms with Crippen LogP contribution < -0.4 is 0 Å². The molecule has 0 saturated carbocycles. The number of ketones is 1. The van der Waals surface area contributed by atoms with Crippen molar-refractivity contribution in [2.45, 2.75) is 32.6 Å². The number of rotatable bonds is 6. The van der Waals surface area contributed by atoms with Gasteiger partial charge in [0, 0.05) is 12.8 Å². The van der Waals surface area contributed by atoms with E-state index in [-0.39, 0.29) is 24.6 Å². The van der Waals surface area contributed by atoms with Gasteiger partial charge in [0.1, 0.15) is 5.78 Å². The number of esters is 1. The molecule has 0 heterocycles. The molecule has 0 saturated heterocycles. The van der Waals surface area contributed by atoms with E-state index in [2.05, 4.69) is 4.74 Å². The topological polar surface area (TPSA) is 43.4 Å². The van der Waals surface area contributed by atoms with Crippen molar-refractivity contribution in [3.63, 3.8) is 0 Å². The molecular weight excluding hydrogens is 216 g/mol. The highest BCUT2D eigenvalue weighted by Gasteiger charge is 2.07. The first kappa shape index (κ1) is 13.4. The van der Waals surface area contributed by atoms with Crippen molar-refractivity contribution in [2.75, 3.05) is 7.11 Å². The number of benzene rings is 1. The molecule has 0 atom stereocenters. The highest BCUT2D eigenvalue weighted by molar-refractivity contribution is 5.83. The van der Waals surface area contributed by atoms with Crippen LogP contribution in [0.15, 0.2) is 24.3 Å². The van der Waals surface area contributed by atoms with Crippen LogP contribution in [-0.4, -0.2) is 18.9 Å². The second kappa shape index (κ2) is 6.84. The summed E-state index contributed by atoms with van der Waals surface area (Å²) in [5, 5.41) is 0. The zero-order chi connectivity index (χ0) is 12.7. The molecule has 0 aromatic heterocycles. The largest absolute Gasteiger partial charge is 0.469 e. The second-order valence-electron chi connectivity index (χ2n) is 4.04. The van der Waals surface area contributed by atoms with Gasteiger partial charge in [-0.25, -0.2) is 0 Å². The van der Waals surface area contributed by atoms with Crippen molar-refractivity contribution in [3.05, 3.63) is 35.4 Å². The van der Waals surface area contributed by atoms with Gasteiger partial charge in [0.05, 0.1) is 13.5 Å². The van der Waals surface area contributed by atoms with Crippen LogP contribution in [0.3, 0.4) is 0 Å². The van der Waals surface area contributed by atoms with E-state index < -0.39 is 0 Å². The molecule has 1 aromatic rings. The average molecular weight is 234 g/mol. The van der Waals surface area contributed by atoms with E-state index in [1.165, 1.54) is 18.2 Å². The van der Waals surface area contributed by atoms with Gasteiger partial charge in [-0.2, -0.15) is 0 Å². The first-order chi connectivity index (χ1) is 8.13. The van der Waals surface area contributed by atoms with Gasteiger partial charge < -0.3 is 4.74 Å². The molecule has 1 rings (SSSR count). The standard InChI is InChI=1S/C14H18O3/c1-11-5-3-4-6-12(11)7-8-13(15)9-10-14(16)17-2/h3-6H,7-10H2,1-2H3. The third-order valence-electron chi connectivity index (χ3n) is 2.77. The SMILES string of the molecule is COC(=O)CCC(=O)CCc1ccccc1C. The van der Waals surface area contributed by atoms with Crippen molar-refractivity contribution >= 4 is 11.8 Å². The van der Waals surface area contributed by atoms with E-state index >= 15 is 0 Å². The molecule has 0 radical (unpaired) electrons. The lowest BCUT2D eigenvalue weighted by molar-refractivity contribution is -0.141. The molecule has 0 amide bonds. The monoisotopic (exact) mass is 234 g/mol. The van der Waals surface area contributed by atoms with E-state index in [0.29, 0.717) is 6.42 Å². The molecule has 0 aliphatic rings. The number of hydrogen-bond donors (Lipinski definition) is 0. The van der Waals surface area contributed by atoms with Gasteiger partial charge in [0.2, 0.25) is 0 Å². The lowest BCUT2D eigenvalue weighted by atomic mass is 10.0. The molecule has 0 aliphatic heterocycles. The molecule has 3 heteroatoms. The normalized spacial score (nSPS) is 10.0. The summed E-state index contributed by atoms with van der Waals surface area (Å²) in [4.78, 5) is 22.4. The van der Waals surface area contributed by atoms with E-state index in [1.54, 1.807) is 0 Å². The quantitative estimate of drug-likeness (QED) is 0.710. The number of Topliss-reactive ketones (excluding diaryl/α,β-unsaturated/α-hetero) is 1. The molecule has 17 heavy (non-hydrogen) atoms. The van der Waals surface area contributed by atoms with Crippen molar-refractivity contribution in [1.29, 1.82) is 0 Å². The van der Waals surface area contributed by atoms with Gasteiger partial charge >= 0.3 is 5.97 Å². The third kappa shape index (κ3) is 4.81. The Kier molecular flexibility index (Phi) is 5.40. The van der Waals surface area contributed by atoms with Gasteiger partial charge in [-0.1, -0.05) is 24.3 Å². The number of ether oxygens (including phenoxy) is 1. The zero-order valence-electron chi connectivity index (χ0n) is 10.4. The summed E-state index contributed by atoms with van der Waals surface area (Å²) in [5.74, 6) is -0.215. The van der Waals surface area contributed by atoms with Gasteiger partial charge in [0.15, 0.2) is 0 Å². The smallest absolute Gasteiger partial charge is 0.305 e. The highest BCUT2D eigenvalue weighted by Crippen LogP contribution is 2.10. The molecule has 92 valence electrons. The summed E-state index contributed by atoms with van der Waals surface area (Å²) in [6, 6.07) is 8.02. The van der Waals surface area contributed by atoms with Crippen LogP contribution in [0.5, 0.6) is 0 Å². The summed E-state index contributed by atoms with van der Waals surface area (Å²) < 4.78 is 4.49. The summed E-state index contributed by atoms with van der Waals surface area (Å²) in [7, 11) is 1.33.